The maximum atomic E-state index is 10.9. The van der Waals surface area contributed by atoms with E-state index in [0.29, 0.717) is 0 Å². The van der Waals surface area contributed by atoms with Gasteiger partial charge in [0.2, 0.25) is 10.0 Å². The minimum Gasteiger partial charge on any atom is -0.215 e. The summed E-state index contributed by atoms with van der Waals surface area (Å²) in [5.41, 5.74) is 0. The third kappa shape index (κ3) is 4.76. The van der Waals surface area contributed by atoms with Crippen LogP contribution >= 0.6 is 0 Å². The lowest BCUT2D eigenvalue weighted by molar-refractivity contribution is 0.572. The molecule has 0 rings (SSSR count). The molecule has 0 aromatic carbocycles. The average Bonchev–Trinajstić information content (AvgIpc) is 1.59. The summed E-state index contributed by atoms with van der Waals surface area (Å²) in [7, 11) is -3.04. The Labute approximate surface area is 62.9 Å². The van der Waals surface area contributed by atoms with Crippen LogP contribution < -0.4 is 4.72 Å². The molecule has 0 saturated carbocycles. The van der Waals surface area contributed by atoms with E-state index in [1.165, 1.54) is 0 Å². The van der Waals surface area contributed by atoms with E-state index in [4.69, 9.17) is 0 Å². The van der Waals surface area contributed by atoms with Gasteiger partial charge in [0, 0.05) is 6.54 Å². The standard InChI is InChI=1S/C6H14NO2S/c1-4-7-10(8,9)5-6(2)3/h6-7H,1,4-5H2,2-3H3. The maximum absolute atomic E-state index is 10.9. The Kier molecular flexibility index (Phi) is 3.89. The van der Waals surface area contributed by atoms with Crippen LogP contribution in [0.2, 0.25) is 0 Å². The van der Waals surface area contributed by atoms with Crippen molar-refractivity contribution in [1.29, 1.82) is 0 Å². The molecule has 0 bridgehead atoms. The minimum atomic E-state index is -3.04. The molecule has 0 spiro atoms. The molecule has 0 aromatic rings. The second-order valence-electron chi connectivity index (χ2n) is 2.57. The van der Waals surface area contributed by atoms with Gasteiger partial charge in [-0.1, -0.05) is 13.8 Å². The quantitative estimate of drug-likeness (QED) is 0.653. The Morgan fingerprint density at radius 2 is 2.00 bits per heavy atom. The van der Waals surface area contributed by atoms with Crippen LogP contribution in [0.4, 0.5) is 0 Å². The van der Waals surface area contributed by atoms with Crippen LogP contribution in [-0.2, 0) is 10.0 Å². The zero-order chi connectivity index (χ0) is 8.20. The van der Waals surface area contributed by atoms with E-state index in [1.54, 1.807) is 0 Å². The summed E-state index contributed by atoms with van der Waals surface area (Å²) in [6.07, 6.45) is 0. The molecule has 0 atom stereocenters. The summed E-state index contributed by atoms with van der Waals surface area (Å²) < 4.78 is 24.1. The highest BCUT2D eigenvalue weighted by molar-refractivity contribution is 7.89. The Morgan fingerprint density at radius 1 is 1.50 bits per heavy atom. The number of rotatable bonds is 4. The monoisotopic (exact) mass is 164 g/mol. The van der Waals surface area contributed by atoms with Crippen LogP contribution in [0.25, 0.3) is 0 Å². The Balaban J connectivity index is 3.89. The molecule has 0 heterocycles. The summed E-state index contributed by atoms with van der Waals surface area (Å²) in [4.78, 5) is 0. The number of nitrogens with one attached hydrogen (secondary N) is 1. The highest BCUT2D eigenvalue weighted by Crippen LogP contribution is 1.96. The number of hydrogen-bond donors (Lipinski definition) is 1. The van der Waals surface area contributed by atoms with E-state index in [-0.39, 0.29) is 18.2 Å². The van der Waals surface area contributed by atoms with Crippen LogP contribution in [0.5, 0.6) is 0 Å². The molecule has 1 radical (unpaired) electrons. The van der Waals surface area contributed by atoms with E-state index in [0.717, 1.165) is 0 Å². The molecule has 10 heavy (non-hydrogen) atoms. The van der Waals surface area contributed by atoms with Crippen LogP contribution in [0.3, 0.4) is 0 Å². The lowest BCUT2D eigenvalue weighted by Gasteiger charge is -2.05. The van der Waals surface area contributed by atoms with Crippen molar-refractivity contribution in [3.05, 3.63) is 6.92 Å². The second kappa shape index (κ2) is 3.93. The topological polar surface area (TPSA) is 46.2 Å². The van der Waals surface area contributed by atoms with E-state index in [1.807, 2.05) is 13.8 Å². The second-order valence-corrected chi connectivity index (χ2v) is 4.42. The zero-order valence-electron chi connectivity index (χ0n) is 6.42. The molecule has 4 heteroatoms. The molecule has 0 aliphatic rings. The van der Waals surface area contributed by atoms with Crippen LogP contribution in [0.15, 0.2) is 0 Å². The van der Waals surface area contributed by atoms with Gasteiger partial charge in [0.05, 0.1) is 5.75 Å². The van der Waals surface area contributed by atoms with Crippen molar-refractivity contribution in [2.24, 2.45) is 5.92 Å². The Bertz CT molecular complexity index is 172. The lowest BCUT2D eigenvalue weighted by Crippen LogP contribution is -2.28. The smallest absolute Gasteiger partial charge is 0.211 e. The number of hydrogen-bond acceptors (Lipinski definition) is 2. The fraction of sp³-hybridized carbons (Fsp3) is 0.833. The van der Waals surface area contributed by atoms with E-state index in [9.17, 15) is 8.42 Å². The van der Waals surface area contributed by atoms with Gasteiger partial charge in [-0.2, -0.15) is 0 Å². The summed E-state index contributed by atoms with van der Waals surface area (Å²) in [6, 6.07) is 0. The summed E-state index contributed by atoms with van der Waals surface area (Å²) >= 11 is 0. The normalized spacial score (nSPS) is 12.4. The van der Waals surface area contributed by atoms with Crippen molar-refractivity contribution >= 4 is 10.0 Å². The van der Waals surface area contributed by atoms with Gasteiger partial charge in [0.1, 0.15) is 0 Å². The molecule has 3 nitrogen and oxygen atoms in total. The predicted molar refractivity (Wildman–Crippen MR) is 42.0 cm³/mol. The largest absolute Gasteiger partial charge is 0.215 e. The molecule has 0 aromatic heterocycles. The fourth-order valence-electron chi connectivity index (χ4n) is 0.653. The molecule has 0 amide bonds. The highest BCUT2D eigenvalue weighted by Gasteiger charge is 2.09. The molecule has 61 valence electrons. The predicted octanol–water partition coefficient (Wildman–Crippen LogP) is 0.396. The SMILES string of the molecule is [CH2]CNS(=O)(=O)CC(C)C. The first-order valence-corrected chi connectivity index (χ1v) is 4.89. The van der Waals surface area contributed by atoms with E-state index < -0.39 is 10.0 Å². The van der Waals surface area contributed by atoms with E-state index >= 15 is 0 Å². The lowest BCUT2D eigenvalue weighted by atomic mass is 10.3. The Hall–Kier alpha value is -0.0900. The summed E-state index contributed by atoms with van der Waals surface area (Å²) in [5.74, 6) is 0.353. The molecule has 1 N–H and O–H groups in total. The molecular weight excluding hydrogens is 150 g/mol. The maximum Gasteiger partial charge on any atom is 0.211 e. The molecule has 0 aliphatic heterocycles. The minimum absolute atomic E-state index is 0.170. The van der Waals surface area contributed by atoms with Crippen molar-refractivity contribution in [2.45, 2.75) is 13.8 Å². The van der Waals surface area contributed by atoms with Crippen molar-refractivity contribution in [1.82, 2.24) is 4.72 Å². The summed E-state index contributed by atoms with van der Waals surface area (Å²) in [6.45, 7) is 7.35. The molecule has 0 saturated heterocycles. The van der Waals surface area contributed by atoms with Crippen molar-refractivity contribution < 1.29 is 8.42 Å². The van der Waals surface area contributed by atoms with Crippen LogP contribution in [-0.4, -0.2) is 20.7 Å². The molecule has 0 aliphatic carbocycles. The van der Waals surface area contributed by atoms with E-state index in [2.05, 4.69) is 11.6 Å². The molecule has 0 unspecified atom stereocenters. The average molecular weight is 164 g/mol. The van der Waals surface area contributed by atoms with Gasteiger partial charge in [-0.15, -0.1) is 0 Å². The van der Waals surface area contributed by atoms with Gasteiger partial charge < -0.3 is 0 Å². The zero-order valence-corrected chi connectivity index (χ0v) is 7.24. The number of sulfonamides is 1. The van der Waals surface area contributed by atoms with Crippen molar-refractivity contribution in [2.75, 3.05) is 12.3 Å². The summed E-state index contributed by atoms with van der Waals surface area (Å²) in [5, 5.41) is 0. The van der Waals surface area contributed by atoms with Crippen LogP contribution in [0, 0.1) is 12.8 Å². The van der Waals surface area contributed by atoms with Crippen molar-refractivity contribution in [3.8, 4) is 0 Å². The van der Waals surface area contributed by atoms with Gasteiger partial charge in [0.15, 0.2) is 0 Å². The third-order valence-corrected chi connectivity index (χ3v) is 2.62. The fourth-order valence-corrected chi connectivity index (χ4v) is 1.96. The van der Waals surface area contributed by atoms with Gasteiger partial charge in [-0.25, -0.2) is 13.1 Å². The molecule has 0 fully saturated rings. The van der Waals surface area contributed by atoms with Gasteiger partial charge >= 0.3 is 0 Å². The van der Waals surface area contributed by atoms with Crippen LogP contribution in [0.1, 0.15) is 13.8 Å². The van der Waals surface area contributed by atoms with Gasteiger partial charge in [-0.3, -0.25) is 0 Å². The van der Waals surface area contributed by atoms with Crippen molar-refractivity contribution in [3.63, 3.8) is 0 Å². The first kappa shape index (κ1) is 9.91. The third-order valence-electron chi connectivity index (χ3n) is 0.875. The molecular formula is C6H14NO2S. The van der Waals surface area contributed by atoms with Gasteiger partial charge in [-0.05, 0) is 12.8 Å². The first-order valence-electron chi connectivity index (χ1n) is 3.24. The highest BCUT2D eigenvalue weighted by atomic mass is 32.2. The first-order chi connectivity index (χ1) is 4.48. The Morgan fingerprint density at radius 3 is 2.30 bits per heavy atom. The van der Waals surface area contributed by atoms with Gasteiger partial charge in [0.25, 0.3) is 0 Å².